The van der Waals surface area contributed by atoms with Crippen molar-refractivity contribution in [2.24, 2.45) is 0 Å². The van der Waals surface area contributed by atoms with Crippen LogP contribution in [0.3, 0.4) is 0 Å². The Bertz CT molecular complexity index is 624. The Balaban J connectivity index is 1.94. The van der Waals surface area contributed by atoms with E-state index in [9.17, 15) is 9.59 Å². The summed E-state index contributed by atoms with van der Waals surface area (Å²) in [6.07, 6.45) is 1.52. The maximum Gasteiger partial charge on any atom is 0.255 e. The first-order valence-corrected chi connectivity index (χ1v) is 6.59. The Hall–Kier alpha value is -2.69. The molecule has 0 bridgehead atoms. The fourth-order valence-corrected chi connectivity index (χ4v) is 1.82. The van der Waals surface area contributed by atoms with Gasteiger partial charge >= 0.3 is 0 Å². The van der Waals surface area contributed by atoms with Crippen molar-refractivity contribution in [2.75, 3.05) is 18.9 Å². The number of carbonyl (C=O) groups is 2. The van der Waals surface area contributed by atoms with Crippen molar-refractivity contribution in [1.29, 1.82) is 0 Å². The number of carbonyl (C=O) groups excluding carboxylic acids is 2. The number of anilines is 1. The molecule has 5 nitrogen and oxygen atoms in total. The maximum absolute atomic E-state index is 12.1. The van der Waals surface area contributed by atoms with E-state index in [0.717, 1.165) is 5.69 Å². The highest BCUT2D eigenvalue weighted by molar-refractivity contribution is 5.99. The summed E-state index contributed by atoms with van der Waals surface area (Å²) < 4.78 is 0. The molecule has 21 heavy (non-hydrogen) atoms. The van der Waals surface area contributed by atoms with Gasteiger partial charge in [0.25, 0.3) is 5.91 Å². The highest BCUT2D eigenvalue weighted by atomic mass is 16.2. The molecule has 0 saturated carbocycles. The zero-order chi connectivity index (χ0) is 15.2. The van der Waals surface area contributed by atoms with E-state index >= 15 is 0 Å². The third-order valence-electron chi connectivity index (χ3n) is 2.94. The van der Waals surface area contributed by atoms with Crippen LogP contribution in [0.1, 0.15) is 16.1 Å². The highest BCUT2D eigenvalue weighted by Crippen LogP contribution is 2.06. The fourth-order valence-electron chi connectivity index (χ4n) is 1.82. The summed E-state index contributed by atoms with van der Waals surface area (Å²) in [6, 6.07) is 12.6. The normalized spacial score (nSPS) is 10.0. The van der Waals surface area contributed by atoms with Crippen molar-refractivity contribution in [3.8, 4) is 0 Å². The van der Waals surface area contributed by atoms with Crippen LogP contribution in [-0.2, 0) is 4.79 Å². The van der Waals surface area contributed by atoms with Crippen LogP contribution in [0.5, 0.6) is 0 Å². The largest absolute Gasteiger partial charge is 0.332 e. The SMILES string of the molecule is Cc1ccc(C(=O)N(C)CC(=O)Nc2ccccc2)cn1. The van der Waals surface area contributed by atoms with E-state index in [4.69, 9.17) is 0 Å². The predicted octanol–water partition coefficient (Wildman–Crippen LogP) is 2.10. The minimum atomic E-state index is -0.239. The van der Waals surface area contributed by atoms with Crippen LogP contribution in [0, 0.1) is 6.92 Å². The number of benzene rings is 1. The van der Waals surface area contributed by atoms with Gasteiger partial charge in [-0.3, -0.25) is 14.6 Å². The molecule has 0 aliphatic carbocycles. The van der Waals surface area contributed by atoms with E-state index in [2.05, 4.69) is 10.3 Å². The number of hydrogen-bond donors (Lipinski definition) is 1. The van der Waals surface area contributed by atoms with Crippen LogP contribution in [0.4, 0.5) is 5.69 Å². The quantitative estimate of drug-likeness (QED) is 0.934. The first kappa shape index (κ1) is 14.7. The van der Waals surface area contributed by atoms with E-state index in [0.29, 0.717) is 11.3 Å². The van der Waals surface area contributed by atoms with Gasteiger partial charge in [-0.1, -0.05) is 18.2 Å². The van der Waals surface area contributed by atoms with Crippen molar-refractivity contribution in [3.05, 3.63) is 59.9 Å². The lowest BCUT2D eigenvalue weighted by atomic mass is 10.2. The number of amides is 2. The summed E-state index contributed by atoms with van der Waals surface area (Å²) in [5.74, 6) is -0.470. The molecule has 1 N–H and O–H groups in total. The van der Waals surface area contributed by atoms with Gasteiger partial charge in [-0.25, -0.2) is 0 Å². The van der Waals surface area contributed by atoms with Gasteiger partial charge in [0.05, 0.1) is 12.1 Å². The molecule has 0 aliphatic heterocycles. The molecule has 2 aromatic rings. The van der Waals surface area contributed by atoms with Crippen LogP contribution >= 0.6 is 0 Å². The molecule has 1 aromatic heterocycles. The van der Waals surface area contributed by atoms with Crippen LogP contribution in [-0.4, -0.2) is 35.3 Å². The number of aryl methyl sites for hydroxylation is 1. The molecule has 2 rings (SSSR count). The Morgan fingerprint density at radius 2 is 1.86 bits per heavy atom. The van der Waals surface area contributed by atoms with Crippen LogP contribution < -0.4 is 5.32 Å². The molecule has 0 unspecified atom stereocenters. The number of likely N-dealkylation sites (N-methyl/N-ethyl adjacent to an activating group) is 1. The number of nitrogens with one attached hydrogen (secondary N) is 1. The van der Waals surface area contributed by atoms with Crippen LogP contribution in [0.2, 0.25) is 0 Å². The van der Waals surface area contributed by atoms with Gasteiger partial charge in [-0.05, 0) is 31.2 Å². The zero-order valence-electron chi connectivity index (χ0n) is 12.0. The topological polar surface area (TPSA) is 62.3 Å². The summed E-state index contributed by atoms with van der Waals surface area (Å²) in [4.78, 5) is 29.5. The number of aromatic nitrogens is 1. The second-order valence-corrected chi connectivity index (χ2v) is 4.76. The van der Waals surface area contributed by atoms with E-state index in [-0.39, 0.29) is 18.4 Å². The molecule has 0 aliphatic rings. The highest BCUT2D eigenvalue weighted by Gasteiger charge is 2.15. The summed E-state index contributed by atoms with van der Waals surface area (Å²) in [5.41, 5.74) is 2.02. The molecule has 0 spiro atoms. The first-order valence-electron chi connectivity index (χ1n) is 6.59. The Kier molecular flexibility index (Phi) is 4.66. The number of pyridine rings is 1. The van der Waals surface area contributed by atoms with E-state index in [1.165, 1.54) is 11.1 Å². The van der Waals surface area contributed by atoms with Gasteiger partial charge in [-0.15, -0.1) is 0 Å². The van der Waals surface area contributed by atoms with Crippen molar-refractivity contribution in [3.63, 3.8) is 0 Å². The summed E-state index contributed by atoms with van der Waals surface area (Å²) in [7, 11) is 1.59. The monoisotopic (exact) mass is 283 g/mol. The summed E-state index contributed by atoms with van der Waals surface area (Å²) in [5, 5.41) is 2.74. The van der Waals surface area contributed by atoms with E-state index in [1.807, 2.05) is 25.1 Å². The van der Waals surface area contributed by atoms with Crippen molar-refractivity contribution in [2.45, 2.75) is 6.92 Å². The maximum atomic E-state index is 12.1. The Morgan fingerprint density at radius 1 is 1.14 bits per heavy atom. The van der Waals surface area contributed by atoms with E-state index in [1.54, 1.807) is 31.3 Å². The minimum absolute atomic E-state index is 0.0123. The smallest absolute Gasteiger partial charge is 0.255 e. The molecule has 0 fully saturated rings. The van der Waals surface area contributed by atoms with E-state index < -0.39 is 0 Å². The molecule has 0 radical (unpaired) electrons. The predicted molar refractivity (Wildman–Crippen MR) is 81.0 cm³/mol. The van der Waals surface area contributed by atoms with Crippen molar-refractivity contribution in [1.82, 2.24) is 9.88 Å². The van der Waals surface area contributed by atoms with Gasteiger partial charge in [0.1, 0.15) is 0 Å². The molecule has 1 heterocycles. The molecule has 0 saturated heterocycles. The number of hydrogen-bond acceptors (Lipinski definition) is 3. The Labute approximate surface area is 123 Å². The average Bonchev–Trinajstić information content (AvgIpc) is 2.48. The van der Waals surface area contributed by atoms with Gasteiger partial charge in [-0.2, -0.15) is 0 Å². The average molecular weight is 283 g/mol. The van der Waals surface area contributed by atoms with Gasteiger partial charge in [0.2, 0.25) is 5.91 Å². The lowest BCUT2D eigenvalue weighted by Crippen LogP contribution is -2.35. The third kappa shape index (κ3) is 4.14. The first-order chi connectivity index (χ1) is 10.1. The second-order valence-electron chi connectivity index (χ2n) is 4.76. The number of rotatable bonds is 4. The standard InChI is InChI=1S/C16H17N3O2/c1-12-8-9-13(10-17-12)16(21)19(2)11-15(20)18-14-6-4-3-5-7-14/h3-10H,11H2,1-2H3,(H,18,20). The molecule has 2 amide bonds. The molecular weight excluding hydrogens is 266 g/mol. The molecule has 0 atom stereocenters. The van der Waals surface area contributed by atoms with Gasteiger partial charge < -0.3 is 10.2 Å². The minimum Gasteiger partial charge on any atom is -0.332 e. The lowest BCUT2D eigenvalue weighted by molar-refractivity contribution is -0.116. The summed E-state index contributed by atoms with van der Waals surface area (Å²) >= 11 is 0. The molecule has 108 valence electrons. The van der Waals surface area contributed by atoms with Crippen LogP contribution in [0.15, 0.2) is 48.7 Å². The second kappa shape index (κ2) is 6.65. The fraction of sp³-hybridized carbons (Fsp3) is 0.188. The van der Waals surface area contributed by atoms with Crippen LogP contribution in [0.25, 0.3) is 0 Å². The lowest BCUT2D eigenvalue weighted by Gasteiger charge is -2.16. The van der Waals surface area contributed by atoms with Crippen molar-refractivity contribution < 1.29 is 9.59 Å². The van der Waals surface area contributed by atoms with Gasteiger partial charge in [0.15, 0.2) is 0 Å². The molecule has 1 aromatic carbocycles. The summed E-state index contributed by atoms with van der Waals surface area (Å²) in [6.45, 7) is 1.84. The third-order valence-corrected chi connectivity index (χ3v) is 2.94. The number of para-hydroxylation sites is 1. The van der Waals surface area contributed by atoms with Gasteiger partial charge in [0, 0.05) is 24.6 Å². The molecule has 5 heteroatoms. The Morgan fingerprint density at radius 3 is 2.48 bits per heavy atom. The number of nitrogens with zero attached hydrogens (tertiary/aromatic N) is 2. The molecular formula is C16H17N3O2. The van der Waals surface area contributed by atoms with Crippen molar-refractivity contribution >= 4 is 17.5 Å². The zero-order valence-corrected chi connectivity index (χ0v) is 12.0.